The molecule has 1 atom stereocenters. The zero-order chi connectivity index (χ0) is 18.1. The molecule has 26 heavy (non-hydrogen) atoms. The number of benzene rings is 2. The number of hydrogen-bond acceptors (Lipinski definition) is 3. The van der Waals surface area contributed by atoms with E-state index >= 15 is 0 Å². The highest BCUT2D eigenvalue weighted by Gasteiger charge is 2.32. The predicted molar refractivity (Wildman–Crippen MR) is 103 cm³/mol. The molecule has 0 N–H and O–H groups in total. The number of fused-ring (bicyclic) bond motifs is 2. The first-order valence-corrected chi connectivity index (χ1v) is 9.16. The van der Waals surface area contributed by atoms with Gasteiger partial charge in [0.25, 0.3) is 0 Å². The monoisotopic (exact) mass is 345 g/mol. The lowest BCUT2D eigenvalue weighted by Gasteiger charge is -2.47. The zero-order valence-corrected chi connectivity index (χ0v) is 15.1. The van der Waals surface area contributed by atoms with Crippen molar-refractivity contribution in [2.45, 2.75) is 12.5 Å². The molecule has 1 heterocycles. The summed E-state index contributed by atoms with van der Waals surface area (Å²) in [5, 5.41) is 21.6. The van der Waals surface area contributed by atoms with E-state index in [-0.39, 0.29) is 10.7 Å². The van der Waals surface area contributed by atoms with Gasteiger partial charge in [-0.15, -0.1) is 0 Å². The van der Waals surface area contributed by atoms with E-state index in [9.17, 15) is 10.5 Å². The maximum absolute atomic E-state index is 12.3. The fraction of sp³-hybridized carbons (Fsp3) is 0.318. The van der Waals surface area contributed by atoms with Gasteiger partial charge >= 0.3 is 0 Å². The van der Waals surface area contributed by atoms with E-state index in [4.69, 9.17) is 0 Å². The maximum atomic E-state index is 12.3. The van der Waals surface area contributed by atoms with Crippen molar-refractivity contribution in [1.29, 1.82) is 5.26 Å². The Morgan fingerprint density at radius 3 is 2.46 bits per heavy atom. The fourth-order valence-electron chi connectivity index (χ4n) is 4.22. The standard InChI is InChI=1S/C22H23N3O/c1-25(26)14-12-24(13-15-25)22-16-17-6-2-3-7-18(17)20(10-11-23)19-8-4-5-9-21(19)22/h2-10,22H,12-16H2,1H3. The Morgan fingerprint density at radius 1 is 1.08 bits per heavy atom. The number of likely N-dealkylation sites (N-methyl/N-ethyl adjacent to an activating group) is 1. The molecule has 2 aliphatic rings. The number of hydroxylamine groups is 3. The number of allylic oxidation sites excluding steroid dienone is 1. The Hall–Kier alpha value is -2.45. The van der Waals surface area contributed by atoms with E-state index in [0.29, 0.717) is 13.1 Å². The van der Waals surface area contributed by atoms with Crippen molar-refractivity contribution in [2.24, 2.45) is 0 Å². The molecule has 4 rings (SSSR count). The van der Waals surface area contributed by atoms with Crippen molar-refractivity contribution < 1.29 is 4.65 Å². The third kappa shape index (κ3) is 3.06. The molecule has 0 bridgehead atoms. The molecule has 2 aromatic rings. The van der Waals surface area contributed by atoms with Crippen molar-refractivity contribution in [3.8, 4) is 6.07 Å². The van der Waals surface area contributed by atoms with Crippen LogP contribution in [0.1, 0.15) is 28.3 Å². The molecule has 4 nitrogen and oxygen atoms in total. The highest BCUT2D eigenvalue weighted by Crippen LogP contribution is 2.40. The van der Waals surface area contributed by atoms with Gasteiger partial charge in [0.1, 0.15) is 0 Å². The number of piperazine rings is 1. The largest absolute Gasteiger partial charge is 0.633 e. The van der Waals surface area contributed by atoms with Crippen LogP contribution in [0.3, 0.4) is 0 Å². The van der Waals surface area contributed by atoms with Crippen molar-refractivity contribution in [1.82, 2.24) is 4.90 Å². The Kier molecular flexibility index (Phi) is 4.37. The van der Waals surface area contributed by atoms with Gasteiger partial charge < -0.3 is 9.85 Å². The molecule has 132 valence electrons. The van der Waals surface area contributed by atoms with Gasteiger partial charge in [-0.2, -0.15) is 5.26 Å². The quantitative estimate of drug-likeness (QED) is 0.451. The lowest BCUT2D eigenvalue weighted by Crippen LogP contribution is -2.54. The molecule has 1 aliphatic heterocycles. The van der Waals surface area contributed by atoms with Crippen LogP contribution in [0.25, 0.3) is 5.57 Å². The zero-order valence-electron chi connectivity index (χ0n) is 15.1. The van der Waals surface area contributed by atoms with Crippen LogP contribution in [0.2, 0.25) is 0 Å². The van der Waals surface area contributed by atoms with E-state index < -0.39 is 0 Å². The second-order valence-corrected chi connectivity index (χ2v) is 7.43. The number of hydrogen-bond donors (Lipinski definition) is 0. The topological polar surface area (TPSA) is 50.1 Å². The first-order chi connectivity index (χ1) is 12.6. The average molecular weight is 345 g/mol. The number of quaternary nitrogens is 1. The third-order valence-corrected chi connectivity index (χ3v) is 5.70. The summed E-state index contributed by atoms with van der Waals surface area (Å²) in [6.45, 7) is 2.86. The van der Waals surface area contributed by atoms with Gasteiger partial charge in [-0.05, 0) is 34.2 Å². The first-order valence-electron chi connectivity index (χ1n) is 9.16. The van der Waals surface area contributed by atoms with Gasteiger partial charge in [0.05, 0.1) is 26.2 Å². The predicted octanol–water partition coefficient (Wildman–Crippen LogP) is 3.50. The van der Waals surface area contributed by atoms with E-state index in [1.165, 1.54) is 11.1 Å². The van der Waals surface area contributed by atoms with Crippen LogP contribution < -0.4 is 0 Å². The summed E-state index contributed by atoms with van der Waals surface area (Å²) in [7, 11) is 1.77. The van der Waals surface area contributed by atoms with E-state index in [0.717, 1.165) is 36.2 Å². The van der Waals surface area contributed by atoms with Crippen LogP contribution in [0.4, 0.5) is 0 Å². The fourth-order valence-corrected chi connectivity index (χ4v) is 4.22. The smallest absolute Gasteiger partial charge is 0.0918 e. The summed E-state index contributed by atoms with van der Waals surface area (Å²) in [4.78, 5) is 2.45. The summed E-state index contributed by atoms with van der Waals surface area (Å²) in [6, 6.07) is 19.2. The average Bonchev–Trinajstić information content (AvgIpc) is 2.78. The minimum Gasteiger partial charge on any atom is -0.633 e. The first kappa shape index (κ1) is 17.0. The Morgan fingerprint density at radius 2 is 1.73 bits per heavy atom. The second kappa shape index (κ2) is 6.69. The molecule has 1 saturated heterocycles. The van der Waals surface area contributed by atoms with Gasteiger partial charge in [-0.25, -0.2) is 0 Å². The van der Waals surface area contributed by atoms with Gasteiger partial charge in [0, 0.05) is 25.2 Å². The SMILES string of the molecule is C[N+]1([O-])CCN(C2Cc3ccccc3C(=CC#N)c3ccccc32)CC1. The Labute approximate surface area is 154 Å². The molecule has 2 aromatic carbocycles. The summed E-state index contributed by atoms with van der Waals surface area (Å²) >= 11 is 0. The van der Waals surface area contributed by atoms with Crippen LogP contribution >= 0.6 is 0 Å². The van der Waals surface area contributed by atoms with Crippen molar-refractivity contribution >= 4 is 5.57 Å². The Bertz CT molecular complexity index is 884. The summed E-state index contributed by atoms with van der Waals surface area (Å²) < 4.78 is -0.152. The number of nitrogens with zero attached hydrogens (tertiary/aromatic N) is 3. The van der Waals surface area contributed by atoms with Crippen LogP contribution in [0, 0.1) is 16.5 Å². The molecular weight excluding hydrogens is 322 g/mol. The van der Waals surface area contributed by atoms with E-state index in [1.54, 1.807) is 13.1 Å². The van der Waals surface area contributed by atoms with Gasteiger partial charge in [0.15, 0.2) is 0 Å². The lowest BCUT2D eigenvalue weighted by molar-refractivity contribution is -0.865. The van der Waals surface area contributed by atoms with Crippen LogP contribution in [0.15, 0.2) is 54.6 Å². The second-order valence-electron chi connectivity index (χ2n) is 7.43. The molecule has 0 saturated carbocycles. The van der Waals surface area contributed by atoms with Gasteiger partial charge in [-0.1, -0.05) is 48.5 Å². The summed E-state index contributed by atoms with van der Waals surface area (Å²) in [5.74, 6) is 0. The minimum absolute atomic E-state index is 0.152. The molecule has 0 spiro atoms. The van der Waals surface area contributed by atoms with Crippen molar-refractivity contribution in [2.75, 3.05) is 33.2 Å². The number of nitriles is 1. The van der Waals surface area contributed by atoms with Crippen LogP contribution in [-0.2, 0) is 6.42 Å². The summed E-state index contributed by atoms with van der Waals surface area (Å²) in [6.07, 6.45) is 2.57. The molecule has 1 aliphatic carbocycles. The maximum Gasteiger partial charge on any atom is 0.0918 e. The van der Waals surface area contributed by atoms with Crippen LogP contribution in [-0.4, -0.2) is 42.8 Å². The molecule has 1 fully saturated rings. The molecular formula is C22H23N3O. The van der Waals surface area contributed by atoms with Crippen molar-refractivity contribution in [3.63, 3.8) is 0 Å². The summed E-state index contributed by atoms with van der Waals surface area (Å²) in [5.41, 5.74) is 5.80. The van der Waals surface area contributed by atoms with Gasteiger partial charge in [-0.3, -0.25) is 4.90 Å². The lowest BCUT2D eigenvalue weighted by atomic mass is 9.93. The highest BCUT2D eigenvalue weighted by molar-refractivity contribution is 5.85. The molecule has 4 heteroatoms. The number of rotatable bonds is 1. The molecule has 1 unspecified atom stereocenters. The normalized spacial score (nSPS) is 23.6. The van der Waals surface area contributed by atoms with E-state index in [1.807, 2.05) is 12.1 Å². The van der Waals surface area contributed by atoms with E-state index in [2.05, 4.69) is 47.4 Å². The van der Waals surface area contributed by atoms with Crippen LogP contribution in [0.5, 0.6) is 0 Å². The molecule has 0 radical (unpaired) electrons. The minimum atomic E-state index is -0.152. The third-order valence-electron chi connectivity index (χ3n) is 5.70. The highest BCUT2D eigenvalue weighted by atomic mass is 16.5. The van der Waals surface area contributed by atoms with Crippen molar-refractivity contribution in [3.05, 3.63) is 82.1 Å². The molecule has 0 amide bonds. The Balaban J connectivity index is 1.83. The van der Waals surface area contributed by atoms with Gasteiger partial charge in [0.2, 0.25) is 0 Å². The molecule has 0 aromatic heterocycles.